The smallest absolute Gasteiger partial charge is 0.384 e. The average molecular weight is 245 g/mol. The Hall–Kier alpha value is -0.110. The molecule has 9 heteroatoms. The second kappa shape index (κ2) is 8.22. The van der Waals surface area contributed by atoms with Gasteiger partial charge in [-0.2, -0.15) is 0 Å². The summed E-state index contributed by atoms with van der Waals surface area (Å²) < 4.78 is 10.3. The van der Waals surface area contributed by atoms with E-state index in [1.54, 1.807) is 0 Å². The second-order valence-corrected chi connectivity index (χ2v) is 6.20. The summed E-state index contributed by atoms with van der Waals surface area (Å²) in [6.07, 6.45) is 0.459. The van der Waals surface area contributed by atoms with Crippen LogP contribution in [-0.2, 0) is 4.57 Å². The minimum absolute atomic E-state index is 0. The van der Waals surface area contributed by atoms with Gasteiger partial charge in [-0.3, -0.25) is 5.41 Å². The summed E-state index contributed by atoms with van der Waals surface area (Å²) in [5.74, 6) is 0.456. The highest BCUT2D eigenvalue weighted by molar-refractivity contribution is 8.54. The van der Waals surface area contributed by atoms with E-state index < -0.39 is 6.80 Å². The van der Waals surface area contributed by atoms with Crippen LogP contribution in [0.25, 0.3) is 0 Å². The van der Waals surface area contributed by atoms with E-state index in [-0.39, 0.29) is 11.3 Å². The molecule has 0 atom stereocenters. The number of rotatable bonds is 7. The van der Waals surface area contributed by atoms with Crippen LogP contribution in [-0.4, -0.2) is 39.9 Å². The summed E-state index contributed by atoms with van der Waals surface area (Å²) in [5.41, 5.74) is 5.09. The molecule has 0 spiro atoms. The Kier molecular flexibility index (Phi) is 9.58. The Labute approximate surface area is 86.2 Å². The molecule has 0 saturated carbocycles. The zero-order valence-corrected chi connectivity index (χ0v) is 9.27. The largest absolute Gasteiger partial charge is 0.412 e. The molecule has 0 aromatic carbocycles. The maximum Gasteiger partial charge on any atom is 0.384 e. The van der Waals surface area contributed by atoms with Gasteiger partial charge in [0.25, 0.3) is 0 Å². The van der Waals surface area contributed by atoms with Gasteiger partial charge in [-0.1, -0.05) is 0 Å². The van der Waals surface area contributed by atoms with Crippen molar-refractivity contribution in [3.8, 4) is 0 Å². The third-order valence-electron chi connectivity index (χ3n) is 1.11. The summed E-state index contributed by atoms with van der Waals surface area (Å²) in [6.45, 7) is -2.85. The summed E-state index contributed by atoms with van der Waals surface area (Å²) in [7, 11) is 0. The van der Waals surface area contributed by atoms with E-state index in [1.807, 2.05) is 0 Å². The fraction of sp³-hybridized carbons (Fsp3) is 0.800. The lowest BCUT2D eigenvalue weighted by atomic mass is 10.4. The molecule has 0 bridgehead atoms. The average Bonchev–Trinajstić information content (AvgIpc) is 1.93. The summed E-state index contributed by atoms with van der Waals surface area (Å²) >= 11 is 0.612. The van der Waals surface area contributed by atoms with E-state index in [2.05, 4.69) is 5.32 Å². The van der Waals surface area contributed by atoms with Crippen LogP contribution in [0.4, 0.5) is 0 Å². The predicted octanol–water partition coefficient (Wildman–Crippen LogP) is -1.10. The first kappa shape index (κ1) is 16.3. The van der Waals surface area contributed by atoms with Crippen LogP contribution in [0.3, 0.4) is 0 Å². The third kappa shape index (κ3) is 14.4. The number of nitrogens with one attached hydrogen (secondary N) is 2. The van der Waals surface area contributed by atoms with Gasteiger partial charge in [-0.25, -0.2) is 4.57 Å². The number of hydrogen-bond acceptors (Lipinski definition) is 4. The van der Waals surface area contributed by atoms with E-state index in [1.165, 1.54) is 0 Å². The van der Waals surface area contributed by atoms with Crippen LogP contribution in [0.5, 0.6) is 0 Å². The molecule has 0 heterocycles. The van der Waals surface area contributed by atoms with Gasteiger partial charge in [-0.05, 0) is 11.4 Å². The number of amidine groups is 1. The molecule has 0 aliphatic carbocycles. The van der Waals surface area contributed by atoms with Crippen molar-refractivity contribution in [2.75, 3.05) is 18.8 Å². The molecule has 0 rings (SSSR count). The van der Waals surface area contributed by atoms with Gasteiger partial charge in [0.15, 0.2) is 0 Å². The Morgan fingerprint density at radius 2 is 2.07 bits per heavy atom. The maximum atomic E-state index is 10.3. The van der Waals surface area contributed by atoms with E-state index in [9.17, 15) is 4.57 Å². The second-order valence-electron chi connectivity index (χ2n) is 2.35. The van der Waals surface area contributed by atoms with E-state index in [0.717, 1.165) is 0 Å². The third-order valence-corrected chi connectivity index (χ3v) is 3.39. The van der Waals surface area contributed by atoms with Crippen LogP contribution < -0.4 is 11.1 Å². The molecule has 0 aromatic rings. The molecular weight excluding hydrogens is 229 g/mol. The zero-order valence-electron chi connectivity index (χ0n) is 7.56. The van der Waals surface area contributed by atoms with E-state index in [4.69, 9.17) is 20.9 Å². The molecule has 14 heavy (non-hydrogen) atoms. The molecule has 0 radical (unpaired) electrons. The maximum absolute atomic E-state index is 10.3. The molecule has 0 aromatic heterocycles. The predicted molar refractivity (Wildman–Crippen MR) is 57.5 cm³/mol. The van der Waals surface area contributed by atoms with Crippen LogP contribution in [0.15, 0.2) is 0 Å². The first-order chi connectivity index (χ1) is 5.92. The monoisotopic (exact) mass is 245 g/mol. The Bertz CT molecular complexity index is 209. The Morgan fingerprint density at radius 3 is 2.50 bits per heavy atom. The molecule has 0 aliphatic rings. The molecule has 0 saturated heterocycles. The SMILES string of the molecule is N=C(N)CCNCCSP(=O)(O)O.O. The molecule has 0 fully saturated rings. The van der Waals surface area contributed by atoms with Crippen molar-refractivity contribution in [1.82, 2.24) is 5.32 Å². The topological polar surface area (TPSA) is 151 Å². The van der Waals surface area contributed by atoms with Gasteiger partial charge in [0, 0.05) is 25.3 Å². The molecule has 86 valence electrons. The minimum atomic E-state index is -3.92. The van der Waals surface area contributed by atoms with Gasteiger partial charge in [0.1, 0.15) is 0 Å². The van der Waals surface area contributed by atoms with E-state index in [0.29, 0.717) is 36.6 Å². The van der Waals surface area contributed by atoms with Crippen molar-refractivity contribution in [1.29, 1.82) is 5.41 Å². The molecule has 8 N–H and O–H groups in total. The summed E-state index contributed by atoms with van der Waals surface area (Å²) in [4.78, 5) is 16.9. The normalized spacial score (nSPS) is 10.7. The van der Waals surface area contributed by atoms with Crippen molar-refractivity contribution < 1.29 is 19.8 Å². The lowest BCUT2D eigenvalue weighted by Crippen LogP contribution is -2.23. The Morgan fingerprint density at radius 1 is 1.50 bits per heavy atom. The highest BCUT2D eigenvalue weighted by Gasteiger charge is 2.11. The lowest BCUT2D eigenvalue weighted by molar-refractivity contribution is 0.397. The highest BCUT2D eigenvalue weighted by atomic mass is 32.7. The summed E-state index contributed by atoms with van der Waals surface area (Å²) in [5, 5.41) is 9.79. The minimum Gasteiger partial charge on any atom is -0.412 e. The van der Waals surface area contributed by atoms with Gasteiger partial charge in [-0.15, -0.1) is 0 Å². The standard InChI is InChI=1S/C5H14N3O3PS.H2O/c6-5(7)1-2-8-3-4-13-12(9,10)11;/h8H,1-4H2,(H3,6,7)(H2,9,10,11);1H2. The fourth-order valence-corrected chi connectivity index (χ4v) is 2.05. The quantitative estimate of drug-likeness (QED) is 0.166. The van der Waals surface area contributed by atoms with Crippen molar-refractivity contribution in [3.63, 3.8) is 0 Å². The first-order valence-electron chi connectivity index (χ1n) is 3.65. The highest BCUT2D eigenvalue weighted by Crippen LogP contribution is 2.49. The van der Waals surface area contributed by atoms with Crippen LogP contribution in [0, 0.1) is 5.41 Å². The van der Waals surface area contributed by atoms with Gasteiger partial charge in [0.2, 0.25) is 0 Å². The van der Waals surface area contributed by atoms with Crippen LogP contribution in [0.2, 0.25) is 0 Å². The number of hydrogen-bond donors (Lipinski definition) is 5. The van der Waals surface area contributed by atoms with Crippen LogP contribution >= 0.6 is 18.2 Å². The molecule has 0 amide bonds. The van der Waals surface area contributed by atoms with Gasteiger partial charge < -0.3 is 26.3 Å². The molecule has 0 aliphatic heterocycles. The zero-order chi connectivity index (χ0) is 10.3. The molecule has 7 nitrogen and oxygen atoms in total. The van der Waals surface area contributed by atoms with Crippen molar-refractivity contribution in [2.45, 2.75) is 6.42 Å². The Balaban J connectivity index is 0. The van der Waals surface area contributed by atoms with E-state index >= 15 is 0 Å². The summed E-state index contributed by atoms with van der Waals surface area (Å²) in [6, 6.07) is 0. The van der Waals surface area contributed by atoms with Crippen molar-refractivity contribution in [3.05, 3.63) is 0 Å². The first-order valence-corrected chi connectivity index (χ1v) is 6.86. The number of nitrogens with two attached hydrogens (primary N) is 1. The van der Waals surface area contributed by atoms with Crippen molar-refractivity contribution >= 4 is 24.0 Å². The molecule has 0 unspecified atom stereocenters. The van der Waals surface area contributed by atoms with Gasteiger partial charge in [0.05, 0.1) is 5.84 Å². The van der Waals surface area contributed by atoms with Crippen molar-refractivity contribution in [2.24, 2.45) is 5.73 Å². The molecular formula is C5H16N3O4PS. The van der Waals surface area contributed by atoms with Crippen LogP contribution in [0.1, 0.15) is 6.42 Å². The van der Waals surface area contributed by atoms with Gasteiger partial charge >= 0.3 is 6.80 Å². The lowest BCUT2D eigenvalue weighted by Gasteiger charge is -2.04. The fourth-order valence-electron chi connectivity index (χ4n) is 0.585.